The second-order valence-electron chi connectivity index (χ2n) is 3.09. The lowest BCUT2D eigenvalue weighted by atomic mass is 10.5. The summed E-state index contributed by atoms with van der Waals surface area (Å²) < 4.78 is 0. The van der Waals surface area contributed by atoms with Crippen molar-refractivity contribution >= 4 is 5.84 Å². The summed E-state index contributed by atoms with van der Waals surface area (Å²) in [7, 11) is 3.99. The molecular weight excluding hydrogens is 126 g/mol. The first-order chi connectivity index (χ1) is 4.68. The molecule has 58 valence electrons. The Morgan fingerprint density at radius 3 is 2.60 bits per heavy atom. The molecule has 0 unspecified atom stereocenters. The molecule has 0 aliphatic heterocycles. The van der Waals surface area contributed by atoms with E-state index in [2.05, 4.69) is 4.99 Å². The van der Waals surface area contributed by atoms with E-state index in [1.165, 1.54) is 12.8 Å². The molecule has 0 radical (unpaired) electrons. The minimum atomic E-state index is 0.556. The van der Waals surface area contributed by atoms with Crippen LogP contribution in [0.5, 0.6) is 0 Å². The first-order valence-corrected chi connectivity index (χ1v) is 3.65. The van der Waals surface area contributed by atoms with Crippen LogP contribution in [0, 0.1) is 0 Å². The molecule has 1 rings (SSSR count). The minimum absolute atomic E-state index is 0.556. The molecular formula is C7H15N3. The maximum absolute atomic E-state index is 5.62. The summed E-state index contributed by atoms with van der Waals surface area (Å²) in [6, 6.07) is 0.556. The third-order valence-electron chi connectivity index (χ3n) is 1.37. The van der Waals surface area contributed by atoms with Gasteiger partial charge in [-0.25, -0.2) is 0 Å². The number of nitrogens with two attached hydrogens (primary N) is 1. The lowest BCUT2D eigenvalue weighted by molar-refractivity contribution is 0.467. The van der Waals surface area contributed by atoms with Crippen LogP contribution in [0.25, 0.3) is 0 Å². The van der Waals surface area contributed by atoms with Gasteiger partial charge in [-0.15, -0.1) is 0 Å². The maximum atomic E-state index is 5.62. The van der Waals surface area contributed by atoms with Crippen LogP contribution in [-0.2, 0) is 0 Å². The fraction of sp³-hybridized carbons (Fsp3) is 0.857. The molecule has 0 spiro atoms. The molecule has 2 N–H and O–H groups in total. The topological polar surface area (TPSA) is 41.6 Å². The van der Waals surface area contributed by atoms with E-state index in [9.17, 15) is 0 Å². The first kappa shape index (κ1) is 7.54. The van der Waals surface area contributed by atoms with Gasteiger partial charge in [-0.05, 0) is 26.9 Å². The highest BCUT2D eigenvalue weighted by Gasteiger charge is 2.20. The Balaban J connectivity index is 2.24. The zero-order valence-electron chi connectivity index (χ0n) is 6.67. The van der Waals surface area contributed by atoms with Gasteiger partial charge in [0.2, 0.25) is 0 Å². The minimum Gasteiger partial charge on any atom is -0.386 e. The molecule has 1 aliphatic rings. The monoisotopic (exact) mass is 141 g/mol. The average molecular weight is 141 g/mol. The van der Waals surface area contributed by atoms with Gasteiger partial charge < -0.3 is 10.6 Å². The largest absolute Gasteiger partial charge is 0.386 e. The predicted octanol–water partition coefficient (Wildman–Crippen LogP) is 0.0676. The van der Waals surface area contributed by atoms with Gasteiger partial charge in [-0.2, -0.15) is 0 Å². The fourth-order valence-electron chi connectivity index (χ4n) is 0.803. The molecule has 0 saturated heterocycles. The van der Waals surface area contributed by atoms with Crippen LogP contribution in [0.15, 0.2) is 4.99 Å². The highest BCUT2D eigenvalue weighted by molar-refractivity contribution is 5.82. The van der Waals surface area contributed by atoms with Gasteiger partial charge in [0.15, 0.2) is 0 Å². The maximum Gasteiger partial charge on any atom is 0.108 e. The highest BCUT2D eigenvalue weighted by Crippen LogP contribution is 2.23. The Morgan fingerprint density at radius 2 is 2.20 bits per heavy atom. The van der Waals surface area contributed by atoms with Crippen LogP contribution < -0.4 is 5.73 Å². The van der Waals surface area contributed by atoms with Crippen molar-refractivity contribution in [3.05, 3.63) is 0 Å². The average Bonchev–Trinajstić information content (AvgIpc) is 2.46. The summed E-state index contributed by atoms with van der Waals surface area (Å²) in [5.41, 5.74) is 5.62. The third kappa shape index (κ3) is 2.82. The molecule has 0 amide bonds. The Bertz CT molecular complexity index is 136. The molecule has 0 heterocycles. The number of hydrogen-bond donors (Lipinski definition) is 1. The fourth-order valence-corrected chi connectivity index (χ4v) is 0.803. The van der Waals surface area contributed by atoms with E-state index in [4.69, 9.17) is 5.73 Å². The molecule has 1 fully saturated rings. The van der Waals surface area contributed by atoms with Crippen molar-refractivity contribution in [3.8, 4) is 0 Å². The second kappa shape index (κ2) is 3.01. The van der Waals surface area contributed by atoms with E-state index in [0.717, 1.165) is 12.4 Å². The predicted molar refractivity (Wildman–Crippen MR) is 43.2 cm³/mol. The van der Waals surface area contributed by atoms with Crippen molar-refractivity contribution in [2.75, 3.05) is 20.6 Å². The second-order valence-corrected chi connectivity index (χ2v) is 3.09. The van der Waals surface area contributed by atoms with Crippen molar-refractivity contribution in [2.45, 2.75) is 18.9 Å². The lowest BCUT2D eigenvalue weighted by Crippen LogP contribution is -2.28. The van der Waals surface area contributed by atoms with Crippen LogP contribution in [0.1, 0.15) is 12.8 Å². The van der Waals surface area contributed by atoms with Gasteiger partial charge in [-0.1, -0.05) is 0 Å². The summed E-state index contributed by atoms with van der Waals surface area (Å²) in [6.07, 6.45) is 2.46. The number of aliphatic imine (C=N–C) groups is 1. The Hall–Kier alpha value is -0.570. The van der Waals surface area contributed by atoms with E-state index in [-0.39, 0.29) is 0 Å². The molecule has 1 aliphatic carbocycles. The van der Waals surface area contributed by atoms with Gasteiger partial charge in [-0.3, -0.25) is 4.99 Å². The number of likely N-dealkylation sites (N-methyl/N-ethyl adjacent to an activating group) is 1. The summed E-state index contributed by atoms with van der Waals surface area (Å²) in [5.74, 6) is 0.771. The van der Waals surface area contributed by atoms with Gasteiger partial charge >= 0.3 is 0 Å². The first-order valence-electron chi connectivity index (χ1n) is 3.65. The van der Waals surface area contributed by atoms with E-state index < -0.39 is 0 Å². The summed E-state index contributed by atoms with van der Waals surface area (Å²) >= 11 is 0. The summed E-state index contributed by atoms with van der Waals surface area (Å²) in [4.78, 5) is 6.31. The molecule has 1 saturated carbocycles. The Morgan fingerprint density at radius 1 is 1.60 bits per heavy atom. The zero-order chi connectivity index (χ0) is 7.56. The van der Waals surface area contributed by atoms with Crippen LogP contribution in [0.3, 0.4) is 0 Å². The van der Waals surface area contributed by atoms with Crippen LogP contribution >= 0.6 is 0 Å². The third-order valence-corrected chi connectivity index (χ3v) is 1.37. The van der Waals surface area contributed by atoms with Crippen molar-refractivity contribution in [1.82, 2.24) is 4.90 Å². The van der Waals surface area contributed by atoms with E-state index >= 15 is 0 Å². The molecule has 0 aromatic carbocycles. The Kier molecular flexibility index (Phi) is 2.27. The lowest BCUT2D eigenvalue weighted by Gasteiger charge is -2.07. The highest BCUT2D eigenvalue weighted by atomic mass is 15.1. The summed E-state index contributed by atoms with van der Waals surface area (Å²) in [6.45, 7) is 0.788. The van der Waals surface area contributed by atoms with Crippen LogP contribution in [0.4, 0.5) is 0 Å². The molecule has 0 aromatic heterocycles. The van der Waals surface area contributed by atoms with Crippen LogP contribution in [-0.4, -0.2) is 37.4 Å². The number of amidine groups is 1. The van der Waals surface area contributed by atoms with Gasteiger partial charge in [0.1, 0.15) is 5.84 Å². The van der Waals surface area contributed by atoms with Gasteiger partial charge in [0.05, 0.1) is 12.6 Å². The number of nitrogens with zero attached hydrogens (tertiary/aromatic N) is 2. The molecule has 3 nitrogen and oxygen atoms in total. The van der Waals surface area contributed by atoms with Crippen molar-refractivity contribution in [2.24, 2.45) is 10.7 Å². The van der Waals surface area contributed by atoms with Gasteiger partial charge in [0, 0.05) is 0 Å². The molecule has 3 heteroatoms. The molecule has 0 bridgehead atoms. The van der Waals surface area contributed by atoms with Gasteiger partial charge in [0.25, 0.3) is 0 Å². The van der Waals surface area contributed by atoms with E-state index in [1.54, 1.807) is 0 Å². The number of rotatable bonds is 3. The van der Waals surface area contributed by atoms with E-state index in [1.807, 2.05) is 19.0 Å². The van der Waals surface area contributed by atoms with Crippen molar-refractivity contribution in [3.63, 3.8) is 0 Å². The summed E-state index contributed by atoms with van der Waals surface area (Å²) in [5, 5.41) is 0. The quantitative estimate of drug-likeness (QED) is 0.446. The van der Waals surface area contributed by atoms with E-state index in [0.29, 0.717) is 6.04 Å². The number of hydrogen-bond acceptors (Lipinski definition) is 2. The van der Waals surface area contributed by atoms with Crippen molar-refractivity contribution in [1.29, 1.82) is 0 Å². The smallest absolute Gasteiger partial charge is 0.108 e. The molecule has 0 aromatic rings. The normalized spacial score (nSPS) is 20.1. The SMILES string of the molecule is CN(C)CC(N)=NC1CC1. The van der Waals surface area contributed by atoms with Crippen LogP contribution in [0.2, 0.25) is 0 Å². The zero-order valence-corrected chi connectivity index (χ0v) is 6.67. The Labute approximate surface area is 61.9 Å². The molecule has 0 atom stereocenters. The standard InChI is InChI=1S/C7H15N3/c1-10(2)5-7(8)9-6-3-4-6/h6H,3-5H2,1-2H3,(H2,8,9). The van der Waals surface area contributed by atoms with Crippen molar-refractivity contribution < 1.29 is 0 Å². The molecule has 10 heavy (non-hydrogen) atoms.